The summed E-state index contributed by atoms with van der Waals surface area (Å²) in [5, 5.41) is 13.0. The third kappa shape index (κ3) is 5.14. The van der Waals surface area contributed by atoms with Crippen molar-refractivity contribution < 1.29 is 27.8 Å². The quantitative estimate of drug-likeness (QED) is 0.587. The van der Waals surface area contributed by atoms with E-state index in [1.54, 1.807) is 24.3 Å². The average molecular weight is 406 g/mol. The molecular formula is C20H17F3N2O4. The molecule has 0 radical (unpaired) electrons. The number of ether oxygens (including phenoxy) is 1. The molecule has 0 bridgehead atoms. The van der Waals surface area contributed by atoms with Crippen LogP contribution in [0.4, 0.5) is 13.2 Å². The van der Waals surface area contributed by atoms with Crippen molar-refractivity contribution in [2.45, 2.75) is 12.3 Å². The smallest absolute Gasteiger partial charge is 0.416 e. The number of fused-ring (bicyclic) bond motifs is 1. The number of hydrogen-bond acceptors (Lipinski definition) is 4. The summed E-state index contributed by atoms with van der Waals surface area (Å²) in [5.74, 6) is -0.514. The summed E-state index contributed by atoms with van der Waals surface area (Å²) in [5.41, 5.74) is -0.867. The first-order chi connectivity index (χ1) is 13.7. The van der Waals surface area contributed by atoms with Crippen molar-refractivity contribution in [1.82, 2.24) is 10.3 Å². The van der Waals surface area contributed by atoms with Crippen molar-refractivity contribution in [3.8, 4) is 5.75 Å². The largest absolute Gasteiger partial charge is 0.491 e. The standard InChI is InChI=1S/C20H17F3N2O4/c21-20(22,23)13-5-7-15(8-6-13)29-11-14(26)10-24-18(27)16-9-12-3-1-2-4-17(12)25-19(16)28/h1-9,14,26H,10-11H2,(H,24,27)(H,25,28). The number of hydrogen-bond donors (Lipinski definition) is 3. The number of aromatic amines is 1. The van der Waals surface area contributed by atoms with Gasteiger partial charge in [0.1, 0.15) is 24.0 Å². The predicted octanol–water partition coefficient (Wildman–Crippen LogP) is 2.72. The molecule has 1 amide bonds. The number of alkyl halides is 3. The SMILES string of the molecule is O=C(NCC(O)COc1ccc(C(F)(F)F)cc1)c1cc2ccccc2[nH]c1=O. The van der Waals surface area contributed by atoms with Crippen LogP contribution in [0.5, 0.6) is 5.75 Å². The zero-order chi connectivity index (χ0) is 21.0. The van der Waals surface area contributed by atoms with Crippen LogP contribution in [0, 0.1) is 0 Å². The topological polar surface area (TPSA) is 91.4 Å². The van der Waals surface area contributed by atoms with Crippen LogP contribution in [0.1, 0.15) is 15.9 Å². The Morgan fingerprint density at radius 2 is 1.83 bits per heavy atom. The molecular weight excluding hydrogens is 389 g/mol. The number of aliphatic hydroxyl groups excluding tert-OH is 1. The maximum atomic E-state index is 12.5. The number of pyridine rings is 1. The minimum atomic E-state index is -4.44. The van der Waals surface area contributed by atoms with E-state index in [4.69, 9.17) is 4.74 Å². The molecule has 3 N–H and O–H groups in total. The molecule has 1 aromatic heterocycles. The van der Waals surface area contributed by atoms with E-state index >= 15 is 0 Å². The van der Waals surface area contributed by atoms with E-state index in [0.717, 1.165) is 24.3 Å². The molecule has 0 aliphatic carbocycles. The summed E-state index contributed by atoms with van der Waals surface area (Å²) in [6.45, 7) is -0.453. The number of nitrogens with one attached hydrogen (secondary N) is 2. The van der Waals surface area contributed by atoms with Crippen LogP contribution in [0.3, 0.4) is 0 Å². The second-order valence-electron chi connectivity index (χ2n) is 6.30. The number of carbonyl (C=O) groups is 1. The van der Waals surface area contributed by atoms with Gasteiger partial charge in [-0.25, -0.2) is 0 Å². The Bertz CT molecular complexity index is 1060. The van der Waals surface area contributed by atoms with Gasteiger partial charge in [-0.3, -0.25) is 9.59 Å². The molecule has 0 aliphatic heterocycles. The molecule has 3 aromatic rings. The van der Waals surface area contributed by atoms with Crippen LogP contribution in [-0.4, -0.2) is 35.3 Å². The Labute approximate surface area is 162 Å². The first-order valence-corrected chi connectivity index (χ1v) is 8.62. The van der Waals surface area contributed by atoms with E-state index in [0.29, 0.717) is 10.9 Å². The van der Waals surface area contributed by atoms with Gasteiger partial charge in [-0.05, 0) is 41.8 Å². The summed E-state index contributed by atoms with van der Waals surface area (Å²) in [6, 6.07) is 12.5. The number of amides is 1. The predicted molar refractivity (Wildman–Crippen MR) is 99.8 cm³/mol. The molecule has 0 aliphatic rings. The highest BCUT2D eigenvalue weighted by Crippen LogP contribution is 2.30. The number of rotatable bonds is 6. The monoisotopic (exact) mass is 406 g/mol. The van der Waals surface area contributed by atoms with Gasteiger partial charge >= 0.3 is 6.18 Å². The Kier molecular flexibility index (Phi) is 5.88. The number of H-pyrrole nitrogens is 1. The van der Waals surface area contributed by atoms with Gasteiger partial charge in [-0.2, -0.15) is 13.2 Å². The molecule has 0 saturated heterocycles. The highest BCUT2D eigenvalue weighted by molar-refractivity contribution is 5.97. The van der Waals surface area contributed by atoms with E-state index in [-0.39, 0.29) is 24.5 Å². The van der Waals surface area contributed by atoms with E-state index in [9.17, 15) is 27.9 Å². The summed E-state index contributed by atoms with van der Waals surface area (Å²) in [4.78, 5) is 26.9. The maximum Gasteiger partial charge on any atom is 0.416 e. The van der Waals surface area contributed by atoms with E-state index in [2.05, 4.69) is 10.3 Å². The molecule has 1 atom stereocenters. The van der Waals surface area contributed by atoms with Crippen LogP contribution in [0.25, 0.3) is 10.9 Å². The van der Waals surface area contributed by atoms with Crippen molar-refractivity contribution in [2.24, 2.45) is 0 Å². The molecule has 0 fully saturated rings. The van der Waals surface area contributed by atoms with Gasteiger partial charge in [0.15, 0.2) is 0 Å². The minimum absolute atomic E-state index is 0.0976. The fraction of sp³-hybridized carbons (Fsp3) is 0.200. The van der Waals surface area contributed by atoms with Crippen molar-refractivity contribution in [1.29, 1.82) is 0 Å². The normalized spacial score (nSPS) is 12.6. The average Bonchev–Trinajstić information content (AvgIpc) is 2.69. The van der Waals surface area contributed by atoms with Gasteiger partial charge in [0.25, 0.3) is 11.5 Å². The lowest BCUT2D eigenvalue weighted by atomic mass is 10.1. The van der Waals surface area contributed by atoms with E-state index in [1.807, 2.05) is 0 Å². The Hall–Kier alpha value is -3.33. The highest BCUT2D eigenvalue weighted by atomic mass is 19.4. The molecule has 2 aromatic carbocycles. The van der Waals surface area contributed by atoms with E-state index in [1.165, 1.54) is 6.07 Å². The van der Waals surface area contributed by atoms with Gasteiger partial charge in [-0.15, -0.1) is 0 Å². The van der Waals surface area contributed by atoms with Gasteiger partial charge in [0.05, 0.1) is 5.56 Å². The first-order valence-electron chi connectivity index (χ1n) is 8.62. The van der Waals surface area contributed by atoms with E-state index < -0.39 is 29.3 Å². The highest BCUT2D eigenvalue weighted by Gasteiger charge is 2.30. The zero-order valence-corrected chi connectivity index (χ0v) is 15.0. The lowest BCUT2D eigenvalue weighted by Gasteiger charge is -2.14. The Morgan fingerprint density at radius 3 is 2.52 bits per heavy atom. The summed E-state index contributed by atoms with van der Waals surface area (Å²) in [6.07, 6.45) is -5.57. The molecule has 0 spiro atoms. The van der Waals surface area contributed by atoms with Gasteiger partial charge in [0.2, 0.25) is 0 Å². The number of para-hydroxylation sites is 1. The molecule has 3 rings (SSSR count). The van der Waals surface area contributed by atoms with Crippen LogP contribution < -0.4 is 15.6 Å². The summed E-state index contributed by atoms with van der Waals surface area (Å²) < 4.78 is 42.8. The lowest BCUT2D eigenvalue weighted by Crippen LogP contribution is -2.37. The first kappa shape index (κ1) is 20.4. The minimum Gasteiger partial charge on any atom is -0.491 e. The second-order valence-corrected chi connectivity index (χ2v) is 6.30. The second kappa shape index (κ2) is 8.36. The van der Waals surface area contributed by atoms with Crippen LogP contribution in [0.15, 0.2) is 59.4 Å². The Morgan fingerprint density at radius 1 is 1.14 bits per heavy atom. The zero-order valence-electron chi connectivity index (χ0n) is 15.0. The maximum absolute atomic E-state index is 12.5. The molecule has 1 heterocycles. The molecule has 0 saturated carbocycles. The van der Waals surface area contributed by atoms with Crippen LogP contribution in [-0.2, 0) is 6.18 Å². The molecule has 6 nitrogen and oxygen atoms in total. The fourth-order valence-corrected chi connectivity index (χ4v) is 2.61. The van der Waals surface area contributed by atoms with Crippen LogP contribution >= 0.6 is 0 Å². The number of benzene rings is 2. The molecule has 1 unspecified atom stereocenters. The lowest BCUT2D eigenvalue weighted by molar-refractivity contribution is -0.137. The van der Waals surface area contributed by atoms with Crippen molar-refractivity contribution >= 4 is 16.8 Å². The summed E-state index contributed by atoms with van der Waals surface area (Å²) >= 11 is 0. The van der Waals surface area contributed by atoms with Crippen LogP contribution in [0.2, 0.25) is 0 Å². The number of aliphatic hydroxyl groups is 1. The molecule has 9 heteroatoms. The molecule has 29 heavy (non-hydrogen) atoms. The van der Waals surface area contributed by atoms with Crippen molar-refractivity contribution in [3.05, 3.63) is 76.1 Å². The Balaban J connectivity index is 1.54. The van der Waals surface area contributed by atoms with Gasteiger partial charge < -0.3 is 20.1 Å². The third-order valence-electron chi connectivity index (χ3n) is 4.12. The van der Waals surface area contributed by atoms with Gasteiger partial charge in [-0.1, -0.05) is 18.2 Å². The van der Waals surface area contributed by atoms with Crippen molar-refractivity contribution in [2.75, 3.05) is 13.2 Å². The summed E-state index contributed by atoms with van der Waals surface area (Å²) in [7, 11) is 0. The third-order valence-corrected chi connectivity index (χ3v) is 4.12. The number of aromatic nitrogens is 1. The number of halogens is 3. The number of carbonyl (C=O) groups excluding carboxylic acids is 1. The fourth-order valence-electron chi connectivity index (χ4n) is 2.61. The van der Waals surface area contributed by atoms with Crippen molar-refractivity contribution in [3.63, 3.8) is 0 Å². The van der Waals surface area contributed by atoms with Gasteiger partial charge in [0, 0.05) is 12.1 Å². The molecule has 152 valence electrons.